The van der Waals surface area contributed by atoms with E-state index in [2.05, 4.69) is 20.8 Å². The first kappa shape index (κ1) is 17.7. The highest BCUT2D eigenvalue weighted by atomic mass is 32.1. The van der Waals surface area contributed by atoms with Crippen LogP contribution in [-0.4, -0.2) is 27.5 Å². The lowest BCUT2D eigenvalue weighted by atomic mass is 9.88. The zero-order valence-electron chi connectivity index (χ0n) is 15.2. The molecule has 1 saturated heterocycles. The van der Waals surface area contributed by atoms with Crippen molar-refractivity contribution in [3.63, 3.8) is 0 Å². The zero-order valence-corrected chi connectivity index (χ0v) is 16.0. The van der Waals surface area contributed by atoms with E-state index in [9.17, 15) is 9.59 Å². The van der Waals surface area contributed by atoms with E-state index >= 15 is 0 Å². The van der Waals surface area contributed by atoms with Gasteiger partial charge < -0.3 is 4.90 Å². The van der Waals surface area contributed by atoms with Crippen LogP contribution in [0.3, 0.4) is 0 Å². The predicted molar refractivity (Wildman–Crippen MR) is 98.6 cm³/mol. The topological polar surface area (TPSA) is 42.3 Å². The number of aromatic nitrogens is 1. The molecule has 0 aromatic carbocycles. The molecule has 1 amide bonds. The van der Waals surface area contributed by atoms with Crippen molar-refractivity contribution in [3.05, 3.63) is 20.2 Å². The number of carbonyl (C=O) groups is 1. The van der Waals surface area contributed by atoms with E-state index in [1.807, 2.05) is 4.90 Å². The van der Waals surface area contributed by atoms with Gasteiger partial charge in [-0.3, -0.25) is 14.2 Å². The van der Waals surface area contributed by atoms with Crippen molar-refractivity contribution in [1.82, 2.24) is 9.47 Å². The van der Waals surface area contributed by atoms with Crippen LogP contribution < -0.4 is 4.87 Å². The third kappa shape index (κ3) is 3.46. The minimum atomic E-state index is 0.0582. The lowest BCUT2D eigenvalue weighted by Gasteiger charge is -2.39. The third-order valence-electron chi connectivity index (χ3n) is 5.81. The number of thiazole rings is 1. The van der Waals surface area contributed by atoms with Gasteiger partial charge in [-0.1, -0.05) is 31.1 Å². The van der Waals surface area contributed by atoms with Crippen molar-refractivity contribution in [2.24, 2.45) is 5.92 Å². The van der Waals surface area contributed by atoms with Gasteiger partial charge in [0.05, 0.1) is 0 Å². The number of fused-ring (bicyclic) bond motifs is 1. The van der Waals surface area contributed by atoms with Crippen LogP contribution in [0.5, 0.6) is 0 Å². The first-order valence-corrected chi connectivity index (χ1v) is 10.4. The van der Waals surface area contributed by atoms with Gasteiger partial charge in [0.15, 0.2) is 0 Å². The van der Waals surface area contributed by atoms with Gasteiger partial charge in [0, 0.05) is 22.7 Å². The van der Waals surface area contributed by atoms with Gasteiger partial charge in [-0.25, -0.2) is 0 Å². The van der Waals surface area contributed by atoms with E-state index in [1.165, 1.54) is 35.5 Å². The van der Waals surface area contributed by atoms with E-state index in [4.69, 9.17) is 0 Å². The quantitative estimate of drug-likeness (QED) is 0.832. The maximum absolute atomic E-state index is 12.9. The van der Waals surface area contributed by atoms with Crippen molar-refractivity contribution in [2.45, 2.75) is 90.8 Å². The number of carbonyl (C=O) groups excluding carboxylic acids is 1. The maximum atomic E-state index is 12.9. The minimum Gasteiger partial charge on any atom is -0.336 e. The summed E-state index contributed by atoms with van der Waals surface area (Å²) < 4.78 is 1.78. The molecule has 1 aliphatic heterocycles. The molecule has 1 aromatic rings. The Bertz CT molecular complexity index is 638. The Balaban J connectivity index is 1.76. The summed E-state index contributed by atoms with van der Waals surface area (Å²) in [5.41, 5.74) is 1.14. The van der Waals surface area contributed by atoms with Crippen molar-refractivity contribution >= 4 is 17.2 Å². The molecule has 0 N–H and O–H groups in total. The molecule has 2 heterocycles. The molecule has 134 valence electrons. The second kappa shape index (κ2) is 7.42. The fourth-order valence-corrected chi connectivity index (χ4v) is 5.71. The van der Waals surface area contributed by atoms with Crippen LogP contribution in [-0.2, 0) is 24.2 Å². The van der Waals surface area contributed by atoms with E-state index in [1.54, 1.807) is 4.57 Å². The number of hydrogen-bond donors (Lipinski definition) is 0. The second-order valence-electron chi connectivity index (χ2n) is 7.65. The van der Waals surface area contributed by atoms with Gasteiger partial charge in [0.1, 0.15) is 6.54 Å². The highest BCUT2D eigenvalue weighted by Gasteiger charge is 2.31. The molecule has 1 aromatic heterocycles. The Morgan fingerprint density at radius 2 is 1.92 bits per heavy atom. The van der Waals surface area contributed by atoms with Crippen molar-refractivity contribution in [1.29, 1.82) is 0 Å². The Labute approximate surface area is 148 Å². The zero-order chi connectivity index (χ0) is 17.3. The van der Waals surface area contributed by atoms with Crippen molar-refractivity contribution in [3.8, 4) is 0 Å². The number of nitrogens with zero attached hydrogens (tertiary/aromatic N) is 2. The number of hydrogen-bond acceptors (Lipinski definition) is 3. The summed E-state index contributed by atoms with van der Waals surface area (Å²) >= 11 is 1.37. The van der Waals surface area contributed by atoms with Gasteiger partial charge in [-0.2, -0.15) is 0 Å². The molecule has 0 unspecified atom stereocenters. The van der Waals surface area contributed by atoms with E-state index in [-0.39, 0.29) is 17.3 Å². The average molecular weight is 351 g/mol. The Morgan fingerprint density at radius 3 is 2.58 bits per heavy atom. The van der Waals surface area contributed by atoms with Gasteiger partial charge in [0.25, 0.3) is 0 Å². The van der Waals surface area contributed by atoms with E-state index in [0.717, 1.165) is 37.8 Å². The summed E-state index contributed by atoms with van der Waals surface area (Å²) in [5, 5.41) is 0. The molecule has 1 fully saturated rings. The van der Waals surface area contributed by atoms with Gasteiger partial charge in [-0.15, -0.1) is 0 Å². The number of rotatable bonds is 4. The first-order chi connectivity index (χ1) is 11.5. The van der Waals surface area contributed by atoms with Crippen LogP contribution in [0.1, 0.15) is 69.9 Å². The first-order valence-electron chi connectivity index (χ1n) is 9.53. The maximum Gasteiger partial charge on any atom is 0.308 e. The molecule has 2 aliphatic rings. The highest BCUT2D eigenvalue weighted by Crippen LogP contribution is 2.30. The molecule has 24 heavy (non-hydrogen) atoms. The monoisotopic (exact) mass is 350 g/mol. The van der Waals surface area contributed by atoms with Crippen LogP contribution in [0.2, 0.25) is 0 Å². The minimum absolute atomic E-state index is 0.0582. The van der Waals surface area contributed by atoms with Crippen LogP contribution in [0, 0.1) is 5.92 Å². The summed E-state index contributed by atoms with van der Waals surface area (Å²) in [4.78, 5) is 28.6. The smallest absolute Gasteiger partial charge is 0.308 e. The molecule has 5 heteroatoms. The molecule has 3 rings (SSSR count). The number of amides is 1. The molecule has 4 nitrogen and oxygen atoms in total. The Morgan fingerprint density at radius 1 is 1.21 bits per heavy atom. The normalized spacial score (nSPS) is 27.1. The Kier molecular flexibility index (Phi) is 5.48. The average Bonchev–Trinajstić information content (AvgIpc) is 2.83. The molecule has 0 radical (unpaired) electrons. The summed E-state index contributed by atoms with van der Waals surface area (Å²) in [6.45, 7) is 6.73. The number of likely N-dealkylation sites (tertiary alicyclic amines) is 1. The molecule has 3 atom stereocenters. The summed E-state index contributed by atoms with van der Waals surface area (Å²) in [6.07, 6.45) is 8.93. The van der Waals surface area contributed by atoms with Gasteiger partial charge in [0.2, 0.25) is 5.91 Å². The molecular weight excluding hydrogens is 320 g/mol. The van der Waals surface area contributed by atoms with Crippen LogP contribution >= 0.6 is 11.3 Å². The lowest BCUT2D eigenvalue weighted by molar-refractivity contribution is -0.138. The van der Waals surface area contributed by atoms with Gasteiger partial charge >= 0.3 is 4.87 Å². The third-order valence-corrected chi connectivity index (χ3v) is 6.86. The van der Waals surface area contributed by atoms with Crippen LogP contribution in [0.15, 0.2) is 4.79 Å². The standard InChI is InChI=1S/C19H30N2O2S/c1-4-6-15-9-10-16-17(11-15)24-19(23)20(16)12-18(22)21-13(2)7-5-8-14(21)3/h13-15H,4-12H2,1-3H3/t13-,14-,15+/m0/s1. The summed E-state index contributed by atoms with van der Waals surface area (Å²) in [7, 11) is 0. The van der Waals surface area contributed by atoms with Crippen LogP contribution in [0.25, 0.3) is 0 Å². The van der Waals surface area contributed by atoms with E-state index in [0.29, 0.717) is 18.0 Å². The van der Waals surface area contributed by atoms with Gasteiger partial charge in [-0.05, 0) is 58.3 Å². The van der Waals surface area contributed by atoms with E-state index < -0.39 is 0 Å². The summed E-state index contributed by atoms with van der Waals surface area (Å²) in [6, 6.07) is 0.584. The van der Waals surface area contributed by atoms with Crippen molar-refractivity contribution < 1.29 is 4.79 Å². The number of piperidine rings is 1. The largest absolute Gasteiger partial charge is 0.336 e. The fraction of sp³-hybridized carbons (Fsp3) is 0.789. The second-order valence-corrected chi connectivity index (χ2v) is 8.70. The molecular formula is C19H30N2O2S. The molecule has 1 aliphatic carbocycles. The Hall–Kier alpha value is -1.10. The van der Waals surface area contributed by atoms with Crippen LogP contribution in [0.4, 0.5) is 0 Å². The molecule has 0 spiro atoms. The highest BCUT2D eigenvalue weighted by molar-refractivity contribution is 7.09. The SMILES string of the molecule is CCC[C@@H]1CCc2c(sc(=O)n2CC(=O)N2[C@@H](C)CCC[C@@H]2C)C1. The molecule has 0 saturated carbocycles. The summed E-state index contributed by atoms with van der Waals surface area (Å²) in [5.74, 6) is 0.833. The molecule has 0 bridgehead atoms. The van der Waals surface area contributed by atoms with Crippen molar-refractivity contribution in [2.75, 3.05) is 0 Å². The predicted octanol–water partition coefficient (Wildman–Crippen LogP) is 3.60. The lowest BCUT2D eigenvalue weighted by Crippen LogP contribution is -2.49. The fourth-order valence-electron chi connectivity index (χ4n) is 4.56.